The molecule has 0 aromatic rings. The maximum Gasteiger partial charge on any atom is 2.00 e. The Morgan fingerprint density at radius 2 is 0.571 bits per heavy atom. The van der Waals surface area contributed by atoms with E-state index >= 15 is 0 Å². The van der Waals surface area contributed by atoms with Crippen LogP contribution in [0, 0.1) is 0 Å². The molecule has 1 nitrogen and oxygen atoms in total. The number of halogens is 4. The molecule has 0 atom stereocenters. The van der Waals surface area contributed by atoms with E-state index in [0.717, 1.165) is 0 Å². The first-order chi connectivity index (χ1) is 0. The predicted octanol–water partition coefficient (Wildman–Crippen LogP) is -13.2. The molecule has 0 saturated heterocycles. The minimum Gasteiger partial charge on any atom is -1.00 e. The van der Waals surface area contributed by atoms with Crippen molar-refractivity contribution in [3.8, 4) is 0 Å². The second-order valence-electron chi connectivity index (χ2n) is 0. The summed E-state index contributed by atoms with van der Waals surface area (Å²) in [5.74, 6) is 0. The van der Waals surface area contributed by atoms with Crippen molar-refractivity contribution in [3.05, 3.63) is 0 Å². The van der Waals surface area contributed by atoms with Crippen LogP contribution in [0.2, 0.25) is 0 Å². The van der Waals surface area contributed by atoms with Crippen LogP contribution in [0.25, 0.3) is 0 Å². The Kier molecular flexibility index (Phi) is 1310. The van der Waals surface area contributed by atoms with Crippen molar-refractivity contribution >= 4 is 23.1 Å². The van der Waals surface area contributed by atoms with Gasteiger partial charge in [-0.2, -0.15) is 0 Å². The van der Waals surface area contributed by atoms with E-state index in [1.165, 1.54) is 0 Å². The Morgan fingerprint density at radius 3 is 0.571 bits per heavy atom. The maximum absolute atomic E-state index is 0. The minimum atomic E-state index is 0. The van der Waals surface area contributed by atoms with Crippen LogP contribution in [0.15, 0.2) is 0 Å². The molecule has 0 rings (SSSR count). The van der Waals surface area contributed by atoms with Crippen molar-refractivity contribution in [1.29, 1.82) is 0 Å². The van der Waals surface area contributed by atoms with Gasteiger partial charge in [-0.15, -0.1) is 0 Å². The van der Waals surface area contributed by atoms with E-state index in [2.05, 4.69) is 0 Å². The molecule has 0 aromatic heterocycles. The summed E-state index contributed by atoms with van der Waals surface area (Å²) >= 11 is 0. The zero-order valence-corrected chi connectivity index (χ0v) is 8.61. The van der Waals surface area contributed by atoms with E-state index in [-0.39, 0.29) is 95.2 Å². The SMILES string of the molecule is O.[Cl-].[Cl-].[Cl-].[Cl-].[Fe+2].[Mg+2]. The second-order valence-corrected chi connectivity index (χ2v) is 0. The summed E-state index contributed by atoms with van der Waals surface area (Å²) in [5, 5.41) is 0. The standard InChI is InChI=1S/4ClH.Fe.Mg.H2O/h4*1H;;;1H2/q;;;;2*+2;/p-4. The first kappa shape index (κ1) is 115. The molecule has 2 N–H and O–H groups in total. The van der Waals surface area contributed by atoms with Crippen molar-refractivity contribution in [2.75, 3.05) is 0 Å². The normalized spacial score (nSPS) is 0. The summed E-state index contributed by atoms with van der Waals surface area (Å²) in [7, 11) is 0. The van der Waals surface area contributed by atoms with Crippen LogP contribution in [-0.4, -0.2) is 28.5 Å². The Balaban J connectivity index is 0. The average Bonchev–Trinajstić information content (AvgIpc) is 0. The molecule has 0 unspecified atom stereocenters. The zero-order valence-electron chi connectivity index (χ0n) is 3.07. The van der Waals surface area contributed by atoms with Crippen LogP contribution < -0.4 is 49.6 Å². The Hall–Kier alpha value is 2.41. The Morgan fingerprint density at radius 1 is 0.571 bits per heavy atom. The first-order valence-electron chi connectivity index (χ1n) is 0. The van der Waals surface area contributed by atoms with Crippen molar-refractivity contribution in [2.45, 2.75) is 0 Å². The molecule has 0 amide bonds. The molecule has 0 aliphatic heterocycles. The molecule has 46 valence electrons. The summed E-state index contributed by atoms with van der Waals surface area (Å²) in [6.07, 6.45) is 0. The van der Waals surface area contributed by atoms with Gasteiger partial charge in [0.25, 0.3) is 0 Å². The van der Waals surface area contributed by atoms with Gasteiger partial charge in [-0.3, -0.25) is 0 Å². The van der Waals surface area contributed by atoms with Crippen LogP contribution >= 0.6 is 0 Å². The van der Waals surface area contributed by atoms with Gasteiger partial charge in [0.15, 0.2) is 0 Å². The monoisotopic (exact) mass is 238 g/mol. The van der Waals surface area contributed by atoms with E-state index < -0.39 is 0 Å². The molecule has 0 radical (unpaired) electrons. The van der Waals surface area contributed by atoms with Gasteiger partial charge in [0.2, 0.25) is 0 Å². The molecule has 0 spiro atoms. The smallest absolute Gasteiger partial charge is 1.00 e. The maximum atomic E-state index is 0. The molecule has 0 saturated carbocycles. The Bertz CT molecular complexity index is 11.7. The molecule has 0 aliphatic rings. The summed E-state index contributed by atoms with van der Waals surface area (Å²) in [6, 6.07) is 0. The minimum absolute atomic E-state index is 0. The van der Waals surface area contributed by atoms with Gasteiger partial charge in [-0.05, 0) is 0 Å². The van der Waals surface area contributed by atoms with Gasteiger partial charge in [-0.25, -0.2) is 0 Å². The van der Waals surface area contributed by atoms with Crippen LogP contribution in [-0.2, 0) is 17.1 Å². The fraction of sp³-hybridized carbons (Fsp3) is 0. The second kappa shape index (κ2) is 79.7. The van der Waals surface area contributed by atoms with E-state index in [1.807, 2.05) is 0 Å². The van der Waals surface area contributed by atoms with Crippen LogP contribution in [0.4, 0.5) is 0 Å². The zero-order chi connectivity index (χ0) is 0. The molecule has 7 heteroatoms. The van der Waals surface area contributed by atoms with Gasteiger partial charge >= 0.3 is 40.1 Å². The summed E-state index contributed by atoms with van der Waals surface area (Å²) in [4.78, 5) is 0. The van der Waals surface area contributed by atoms with E-state index in [1.54, 1.807) is 0 Å². The molecule has 0 heterocycles. The van der Waals surface area contributed by atoms with Crippen molar-refractivity contribution < 1.29 is 72.2 Å². The van der Waals surface area contributed by atoms with E-state index in [0.29, 0.717) is 0 Å². The quantitative estimate of drug-likeness (QED) is 0.377. The average molecular weight is 240 g/mol. The van der Waals surface area contributed by atoms with Gasteiger partial charge in [0.1, 0.15) is 0 Å². The number of rotatable bonds is 0. The van der Waals surface area contributed by atoms with E-state index in [4.69, 9.17) is 0 Å². The van der Waals surface area contributed by atoms with Gasteiger partial charge in [-0.1, -0.05) is 0 Å². The first-order valence-corrected chi connectivity index (χ1v) is 0. The van der Waals surface area contributed by atoms with Crippen molar-refractivity contribution in [1.82, 2.24) is 0 Å². The summed E-state index contributed by atoms with van der Waals surface area (Å²) in [5.41, 5.74) is 0. The summed E-state index contributed by atoms with van der Waals surface area (Å²) < 4.78 is 0. The van der Waals surface area contributed by atoms with E-state index in [9.17, 15) is 0 Å². The molecule has 0 aromatic carbocycles. The van der Waals surface area contributed by atoms with Gasteiger partial charge < -0.3 is 55.1 Å². The summed E-state index contributed by atoms with van der Waals surface area (Å²) in [6.45, 7) is 0. The third kappa shape index (κ3) is 59.6. The predicted molar refractivity (Wildman–Crippen MR) is 9.37 cm³/mol. The van der Waals surface area contributed by atoms with Crippen LogP contribution in [0.3, 0.4) is 0 Å². The molecular formula is H2Cl4FeMgO. The fourth-order valence-electron chi connectivity index (χ4n) is 0. The number of hydrogen-bond donors (Lipinski definition) is 0. The Labute approximate surface area is 94.3 Å². The number of hydrogen-bond acceptors (Lipinski definition) is 0. The molecule has 7 heavy (non-hydrogen) atoms. The molecule has 0 fully saturated rings. The van der Waals surface area contributed by atoms with Crippen molar-refractivity contribution in [2.24, 2.45) is 0 Å². The largest absolute Gasteiger partial charge is 2.00 e. The fourth-order valence-corrected chi connectivity index (χ4v) is 0. The van der Waals surface area contributed by atoms with Gasteiger partial charge in [0, 0.05) is 0 Å². The van der Waals surface area contributed by atoms with Crippen LogP contribution in [0.1, 0.15) is 0 Å². The van der Waals surface area contributed by atoms with Crippen LogP contribution in [0.5, 0.6) is 0 Å². The third-order valence-electron chi connectivity index (χ3n) is 0. The molecule has 0 aliphatic carbocycles. The third-order valence-corrected chi connectivity index (χ3v) is 0. The molecule has 0 bridgehead atoms. The van der Waals surface area contributed by atoms with Crippen molar-refractivity contribution in [3.63, 3.8) is 0 Å². The molecular weight excluding hydrogens is 238 g/mol. The topological polar surface area (TPSA) is 31.5 Å². The van der Waals surface area contributed by atoms with Gasteiger partial charge in [0.05, 0.1) is 0 Å².